The highest BCUT2D eigenvalue weighted by atomic mass is 19.3. The molecule has 2 amide bonds. The summed E-state index contributed by atoms with van der Waals surface area (Å²) in [5.41, 5.74) is 0. The molecule has 2 rings (SSSR count). The van der Waals surface area contributed by atoms with Crippen molar-refractivity contribution >= 4 is 6.03 Å². The van der Waals surface area contributed by atoms with Gasteiger partial charge in [-0.15, -0.1) is 0 Å². The largest absolute Gasteiger partial charge is 0.338 e. The third kappa shape index (κ3) is 4.96. The van der Waals surface area contributed by atoms with Crippen molar-refractivity contribution in [3.05, 3.63) is 0 Å². The highest BCUT2D eigenvalue weighted by molar-refractivity contribution is 5.74. The van der Waals surface area contributed by atoms with Gasteiger partial charge in [-0.05, 0) is 25.2 Å². The van der Waals surface area contributed by atoms with Crippen LogP contribution in [0.5, 0.6) is 0 Å². The fourth-order valence-electron chi connectivity index (χ4n) is 3.11. The molecule has 0 aromatic rings. The standard InChI is InChI=1S/C14H24F2N2O/c15-14(16)8-7-11(9-14)10-17-13(19)18-12-5-3-1-2-4-6-12/h11-12H,1-10H2,(H2,17,18,19). The van der Waals surface area contributed by atoms with Crippen LogP contribution in [0, 0.1) is 5.92 Å². The maximum atomic E-state index is 13.0. The van der Waals surface area contributed by atoms with Crippen molar-refractivity contribution in [1.29, 1.82) is 0 Å². The lowest BCUT2D eigenvalue weighted by Crippen LogP contribution is -2.43. The quantitative estimate of drug-likeness (QED) is 0.760. The van der Waals surface area contributed by atoms with E-state index in [0.29, 0.717) is 13.0 Å². The second-order valence-electron chi connectivity index (χ2n) is 6.01. The minimum atomic E-state index is -2.52. The lowest BCUT2D eigenvalue weighted by molar-refractivity contribution is 0.00515. The van der Waals surface area contributed by atoms with E-state index in [1.807, 2.05) is 0 Å². The van der Waals surface area contributed by atoms with Crippen molar-refractivity contribution in [2.75, 3.05) is 6.54 Å². The zero-order valence-electron chi connectivity index (χ0n) is 11.4. The van der Waals surface area contributed by atoms with Crippen LogP contribution in [0.4, 0.5) is 13.6 Å². The molecule has 5 heteroatoms. The number of hydrogen-bond donors (Lipinski definition) is 2. The molecule has 19 heavy (non-hydrogen) atoms. The molecule has 1 unspecified atom stereocenters. The van der Waals surface area contributed by atoms with Crippen LogP contribution >= 0.6 is 0 Å². The molecule has 2 aliphatic rings. The monoisotopic (exact) mass is 274 g/mol. The van der Waals surface area contributed by atoms with Crippen LogP contribution in [0.3, 0.4) is 0 Å². The highest BCUT2D eigenvalue weighted by Crippen LogP contribution is 2.38. The Morgan fingerprint density at radius 2 is 1.79 bits per heavy atom. The predicted molar refractivity (Wildman–Crippen MR) is 70.3 cm³/mol. The Kier molecular flexibility index (Phi) is 4.99. The second kappa shape index (κ2) is 6.53. The Labute approximate surface area is 113 Å². The normalized spacial score (nSPS) is 27.8. The minimum absolute atomic E-state index is 0.0381. The van der Waals surface area contributed by atoms with Gasteiger partial charge >= 0.3 is 6.03 Å². The second-order valence-corrected chi connectivity index (χ2v) is 6.01. The number of carbonyl (C=O) groups excluding carboxylic acids is 1. The molecule has 0 aliphatic heterocycles. The summed E-state index contributed by atoms with van der Waals surface area (Å²) >= 11 is 0. The molecule has 0 saturated heterocycles. The molecular weight excluding hydrogens is 250 g/mol. The first-order chi connectivity index (χ1) is 9.05. The molecule has 2 fully saturated rings. The van der Waals surface area contributed by atoms with E-state index in [1.165, 1.54) is 25.7 Å². The van der Waals surface area contributed by atoms with Gasteiger partial charge in [0.05, 0.1) is 0 Å². The first kappa shape index (κ1) is 14.5. The molecule has 2 aliphatic carbocycles. The summed E-state index contributed by atoms with van der Waals surface area (Å²) in [6, 6.07) is 0.0645. The Morgan fingerprint density at radius 1 is 1.11 bits per heavy atom. The highest BCUT2D eigenvalue weighted by Gasteiger charge is 2.39. The zero-order chi connectivity index (χ0) is 13.7. The molecule has 0 aromatic heterocycles. The van der Waals surface area contributed by atoms with Crippen LogP contribution in [-0.4, -0.2) is 24.5 Å². The summed E-state index contributed by atoms with van der Waals surface area (Å²) in [7, 11) is 0. The molecule has 1 atom stereocenters. The van der Waals surface area contributed by atoms with E-state index in [9.17, 15) is 13.6 Å². The Hall–Kier alpha value is -0.870. The molecule has 2 saturated carbocycles. The van der Waals surface area contributed by atoms with Crippen molar-refractivity contribution in [2.24, 2.45) is 5.92 Å². The topological polar surface area (TPSA) is 41.1 Å². The van der Waals surface area contributed by atoms with Gasteiger partial charge in [-0.3, -0.25) is 0 Å². The lowest BCUT2D eigenvalue weighted by Gasteiger charge is -2.18. The first-order valence-electron chi connectivity index (χ1n) is 7.47. The van der Waals surface area contributed by atoms with Gasteiger partial charge in [-0.25, -0.2) is 13.6 Å². The van der Waals surface area contributed by atoms with Gasteiger partial charge < -0.3 is 10.6 Å². The number of alkyl halides is 2. The van der Waals surface area contributed by atoms with Gasteiger partial charge in [0, 0.05) is 25.4 Å². The van der Waals surface area contributed by atoms with Crippen molar-refractivity contribution < 1.29 is 13.6 Å². The molecule has 0 aromatic carbocycles. The van der Waals surface area contributed by atoms with Crippen LogP contribution in [0.25, 0.3) is 0 Å². The van der Waals surface area contributed by atoms with E-state index in [1.54, 1.807) is 0 Å². The average Bonchev–Trinajstić information content (AvgIpc) is 2.55. The van der Waals surface area contributed by atoms with Crippen molar-refractivity contribution in [3.8, 4) is 0 Å². The molecule has 0 heterocycles. The van der Waals surface area contributed by atoms with Crippen LogP contribution < -0.4 is 10.6 Å². The van der Waals surface area contributed by atoms with Gasteiger partial charge in [-0.2, -0.15) is 0 Å². The van der Waals surface area contributed by atoms with E-state index in [4.69, 9.17) is 0 Å². The van der Waals surface area contributed by atoms with Crippen molar-refractivity contribution in [2.45, 2.75) is 69.8 Å². The van der Waals surface area contributed by atoms with E-state index in [-0.39, 0.29) is 30.8 Å². The smallest absolute Gasteiger partial charge is 0.315 e. The first-order valence-corrected chi connectivity index (χ1v) is 7.47. The van der Waals surface area contributed by atoms with Gasteiger partial charge in [0.25, 0.3) is 0 Å². The average molecular weight is 274 g/mol. The number of amides is 2. The summed E-state index contributed by atoms with van der Waals surface area (Å²) in [6.45, 7) is 0.369. The fraction of sp³-hybridized carbons (Fsp3) is 0.929. The molecule has 2 N–H and O–H groups in total. The Morgan fingerprint density at radius 3 is 2.37 bits per heavy atom. The molecule has 110 valence electrons. The molecule has 3 nitrogen and oxygen atoms in total. The van der Waals surface area contributed by atoms with Crippen LogP contribution in [0.1, 0.15) is 57.8 Å². The van der Waals surface area contributed by atoms with Crippen molar-refractivity contribution in [1.82, 2.24) is 10.6 Å². The number of halogens is 2. The van der Waals surface area contributed by atoms with Gasteiger partial charge in [0.15, 0.2) is 0 Å². The summed E-state index contributed by atoms with van der Waals surface area (Å²) in [4.78, 5) is 11.7. The van der Waals surface area contributed by atoms with Gasteiger partial charge in [0.1, 0.15) is 0 Å². The van der Waals surface area contributed by atoms with Crippen molar-refractivity contribution in [3.63, 3.8) is 0 Å². The van der Waals surface area contributed by atoms with Gasteiger partial charge in [0.2, 0.25) is 5.92 Å². The zero-order valence-corrected chi connectivity index (χ0v) is 11.4. The molecule has 0 bridgehead atoms. The lowest BCUT2D eigenvalue weighted by atomic mass is 10.1. The van der Waals surface area contributed by atoms with E-state index in [2.05, 4.69) is 10.6 Å². The Balaban J connectivity index is 1.64. The SMILES string of the molecule is O=C(NCC1CCC(F)(F)C1)NC1CCCCCC1. The summed E-state index contributed by atoms with van der Waals surface area (Å²) in [6.07, 6.45) is 7.29. The van der Waals surface area contributed by atoms with Crippen LogP contribution in [-0.2, 0) is 0 Å². The number of rotatable bonds is 3. The summed E-state index contributed by atoms with van der Waals surface area (Å²) < 4.78 is 26.0. The fourth-order valence-corrected chi connectivity index (χ4v) is 3.11. The maximum Gasteiger partial charge on any atom is 0.315 e. The van der Waals surface area contributed by atoms with Crippen LogP contribution in [0.15, 0.2) is 0 Å². The van der Waals surface area contributed by atoms with E-state index in [0.717, 1.165) is 12.8 Å². The third-order valence-corrected chi connectivity index (χ3v) is 4.25. The van der Waals surface area contributed by atoms with E-state index < -0.39 is 5.92 Å². The molecule has 0 radical (unpaired) electrons. The van der Waals surface area contributed by atoms with Gasteiger partial charge in [-0.1, -0.05) is 25.7 Å². The third-order valence-electron chi connectivity index (χ3n) is 4.25. The number of carbonyl (C=O) groups is 1. The Bertz CT molecular complexity index is 302. The van der Waals surface area contributed by atoms with Crippen LogP contribution in [0.2, 0.25) is 0 Å². The summed E-state index contributed by atoms with van der Waals surface area (Å²) in [5, 5.41) is 5.71. The predicted octanol–water partition coefficient (Wildman–Crippen LogP) is 3.44. The van der Waals surface area contributed by atoms with E-state index >= 15 is 0 Å². The maximum absolute atomic E-state index is 13.0. The number of nitrogens with one attached hydrogen (secondary N) is 2. The summed E-state index contributed by atoms with van der Waals surface area (Å²) in [5.74, 6) is -2.60. The molecule has 0 spiro atoms. The minimum Gasteiger partial charge on any atom is -0.338 e. The number of urea groups is 1. The molecular formula is C14H24F2N2O. The number of hydrogen-bond acceptors (Lipinski definition) is 1.